The second kappa shape index (κ2) is 5.26. The van der Waals surface area contributed by atoms with E-state index in [2.05, 4.69) is 16.8 Å². The van der Waals surface area contributed by atoms with Gasteiger partial charge in [0.25, 0.3) is 0 Å². The Balaban J connectivity index is 1.72. The summed E-state index contributed by atoms with van der Waals surface area (Å²) in [7, 11) is 0. The van der Waals surface area contributed by atoms with E-state index in [9.17, 15) is 0 Å². The average molecular weight is 292 g/mol. The van der Waals surface area contributed by atoms with E-state index in [1.54, 1.807) is 0 Å². The van der Waals surface area contributed by atoms with Gasteiger partial charge in [0.15, 0.2) is 0 Å². The van der Waals surface area contributed by atoms with Gasteiger partial charge < -0.3 is 5.73 Å². The minimum atomic E-state index is 0.151. The molecule has 0 radical (unpaired) electrons. The van der Waals surface area contributed by atoms with Gasteiger partial charge in [0.1, 0.15) is 0 Å². The molecule has 2 aliphatic carbocycles. The zero-order valence-corrected chi connectivity index (χ0v) is 12.6. The van der Waals surface area contributed by atoms with Crippen molar-refractivity contribution in [2.24, 2.45) is 5.73 Å². The molecule has 1 heterocycles. The van der Waals surface area contributed by atoms with Gasteiger partial charge in [-0.05, 0) is 49.8 Å². The van der Waals surface area contributed by atoms with E-state index in [1.807, 2.05) is 18.2 Å². The Bertz CT molecular complexity index is 749. The van der Waals surface area contributed by atoms with Crippen molar-refractivity contribution in [1.82, 2.24) is 9.78 Å². The maximum absolute atomic E-state index is 9.05. The van der Waals surface area contributed by atoms with Gasteiger partial charge in [0.05, 0.1) is 23.9 Å². The summed E-state index contributed by atoms with van der Waals surface area (Å²) >= 11 is 0. The largest absolute Gasteiger partial charge is 0.324 e. The predicted octanol–water partition coefficient (Wildman–Crippen LogP) is 3.02. The van der Waals surface area contributed by atoms with Crippen LogP contribution in [0, 0.1) is 11.3 Å². The maximum atomic E-state index is 9.05. The Morgan fingerprint density at radius 1 is 1.32 bits per heavy atom. The molecule has 4 rings (SSSR count). The van der Waals surface area contributed by atoms with Crippen LogP contribution in [0.3, 0.4) is 0 Å². The fourth-order valence-electron chi connectivity index (χ4n) is 3.53. The Hall–Kier alpha value is -2.12. The lowest BCUT2D eigenvalue weighted by atomic mass is 9.90. The van der Waals surface area contributed by atoms with Crippen molar-refractivity contribution in [2.75, 3.05) is 0 Å². The first-order valence-electron chi connectivity index (χ1n) is 8.10. The quantitative estimate of drug-likeness (QED) is 0.945. The van der Waals surface area contributed by atoms with Crippen molar-refractivity contribution >= 4 is 0 Å². The molecule has 2 N–H and O–H groups in total. The average Bonchev–Trinajstić information content (AvgIpc) is 3.31. The molecule has 2 aromatic rings. The summed E-state index contributed by atoms with van der Waals surface area (Å²) in [4.78, 5) is 0. The highest BCUT2D eigenvalue weighted by atomic mass is 15.3. The molecular formula is C18H20N4. The smallest absolute Gasteiger partial charge is 0.0991 e. The first-order chi connectivity index (χ1) is 10.8. The Kier molecular flexibility index (Phi) is 3.24. The van der Waals surface area contributed by atoms with Crippen LogP contribution in [0.4, 0.5) is 0 Å². The molecule has 4 heteroatoms. The fourth-order valence-corrected chi connectivity index (χ4v) is 3.53. The SMILES string of the molecule is N#Cc1cccc(Cn2nc(C3CC3)c3c2CCCC3N)c1. The minimum Gasteiger partial charge on any atom is -0.324 e. The number of benzene rings is 1. The molecule has 0 spiro atoms. The van der Waals surface area contributed by atoms with Crippen LogP contribution >= 0.6 is 0 Å². The third-order valence-electron chi connectivity index (χ3n) is 4.78. The van der Waals surface area contributed by atoms with Gasteiger partial charge in [0, 0.05) is 23.2 Å². The molecule has 1 saturated carbocycles. The third-order valence-corrected chi connectivity index (χ3v) is 4.78. The molecule has 1 unspecified atom stereocenters. The van der Waals surface area contributed by atoms with Crippen molar-refractivity contribution in [3.05, 3.63) is 52.3 Å². The second-order valence-electron chi connectivity index (χ2n) is 6.49. The Labute approximate surface area is 130 Å². The van der Waals surface area contributed by atoms with E-state index in [0.29, 0.717) is 11.5 Å². The predicted molar refractivity (Wildman–Crippen MR) is 84.3 cm³/mol. The summed E-state index contributed by atoms with van der Waals surface area (Å²) in [5.74, 6) is 0.629. The zero-order valence-electron chi connectivity index (χ0n) is 12.6. The Morgan fingerprint density at radius 2 is 2.18 bits per heavy atom. The lowest BCUT2D eigenvalue weighted by molar-refractivity contribution is 0.537. The van der Waals surface area contributed by atoms with Crippen molar-refractivity contribution in [1.29, 1.82) is 5.26 Å². The topological polar surface area (TPSA) is 67.6 Å². The second-order valence-corrected chi connectivity index (χ2v) is 6.49. The van der Waals surface area contributed by atoms with Crippen molar-refractivity contribution in [3.8, 4) is 6.07 Å². The normalized spacial score (nSPS) is 20.5. The van der Waals surface area contributed by atoms with Crippen LogP contribution in [0.15, 0.2) is 24.3 Å². The summed E-state index contributed by atoms with van der Waals surface area (Å²) in [5.41, 5.74) is 12.1. The van der Waals surface area contributed by atoms with Gasteiger partial charge in [-0.15, -0.1) is 0 Å². The number of nitriles is 1. The highest BCUT2D eigenvalue weighted by Gasteiger charge is 2.34. The molecule has 22 heavy (non-hydrogen) atoms. The van der Waals surface area contributed by atoms with Gasteiger partial charge in [0.2, 0.25) is 0 Å². The molecule has 0 aliphatic heterocycles. The van der Waals surface area contributed by atoms with Crippen LogP contribution < -0.4 is 5.73 Å². The van der Waals surface area contributed by atoms with Crippen molar-refractivity contribution in [2.45, 2.75) is 50.6 Å². The highest BCUT2D eigenvalue weighted by Crippen LogP contribution is 2.45. The number of fused-ring (bicyclic) bond motifs is 1. The molecule has 112 valence electrons. The van der Waals surface area contributed by atoms with E-state index in [1.165, 1.54) is 29.8 Å². The van der Waals surface area contributed by atoms with Gasteiger partial charge in [-0.25, -0.2) is 0 Å². The summed E-state index contributed by atoms with van der Waals surface area (Å²) < 4.78 is 2.14. The summed E-state index contributed by atoms with van der Waals surface area (Å²) in [6.07, 6.45) is 5.78. The fraction of sp³-hybridized carbons (Fsp3) is 0.444. The van der Waals surface area contributed by atoms with E-state index in [0.717, 1.165) is 31.4 Å². The van der Waals surface area contributed by atoms with Crippen LogP contribution in [0.25, 0.3) is 0 Å². The van der Waals surface area contributed by atoms with Crippen LogP contribution in [-0.4, -0.2) is 9.78 Å². The number of hydrogen-bond acceptors (Lipinski definition) is 3. The van der Waals surface area contributed by atoms with Crippen LogP contribution in [0.5, 0.6) is 0 Å². The number of nitrogens with two attached hydrogens (primary N) is 1. The molecule has 0 saturated heterocycles. The van der Waals surface area contributed by atoms with Gasteiger partial charge in [-0.2, -0.15) is 10.4 Å². The highest BCUT2D eigenvalue weighted by molar-refractivity contribution is 5.37. The van der Waals surface area contributed by atoms with Crippen LogP contribution in [0.2, 0.25) is 0 Å². The molecular weight excluding hydrogens is 272 g/mol. The lowest BCUT2D eigenvalue weighted by Crippen LogP contribution is -2.19. The number of hydrogen-bond donors (Lipinski definition) is 1. The van der Waals surface area contributed by atoms with Crippen LogP contribution in [-0.2, 0) is 13.0 Å². The number of aromatic nitrogens is 2. The molecule has 0 amide bonds. The first kappa shape index (κ1) is 13.5. The monoisotopic (exact) mass is 292 g/mol. The molecule has 0 bridgehead atoms. The molecule has 1 fully saturated rings. The summed E-state index contributed by atoms with van der Waals surface area (Å²) in [6.45, 7) is 0.733. The molecule has 2 aliphatic rings. The van der Waals surface area contributed by atoms with Crippen molar-refractivity contribution < 1.29 is 0 Å². The molecule has 1 atom stereocenters. The lowest BCUT2D eigenvalue weighted by Gasteiger charge is -2.20. The van der Waals surface area contributed by atoms with Gasteiger partial charge in [-0.3, -0.25) is 4.68 Å². The zero-order chi connectivity index (χ0) is 15.1. The summed E-state index contributed by atoms with van der Waals surface area (Å²) in [6, 6.07) is 10.2. The Morgan fingerprint density at radius 3 is 2.95 bits per heavy atom. The molecule has 1 aromatic carbocycles. The standard InChI is InChI=1S/C18H20N4/c19-10-12-3-1-4-13(9-12)11-22-16-6-2-5-15(20)17(16)18(21-22)14-7-8-14/h1,3-4,9,14-15H,2,5-8,11,20H2. The van der Waals surface area contributed by atoms with Crippen molar-refractivity contribution in [3.63, 3.8) is 0 Å². The number of nitrogens with zero attached hydrogens (tertiary/aromatic N) is 3. The summed E-state index contributed by atoms with van der Waals surface area (Å²) in [5, 5.41) is 14.0. The maximum Gasteiger partial charge on any atom is 0.0991 e. The third kappa shape index (κ3) is 2.32. The molecule has 4 nitrogen and oxygen atoms in total. The number of rotatable bonds is 3. The van der Waals surface area contributed by atoms with E-state index >= 15 is 0 Å². The van der Waals surface area contributed by atoms with Gasteiger partial charge >= 0.3 is 0 Å². The van der Waals surface area contributed by atoms with Crippen LogP contribution in [0.1, 0.15) is 65.7 Å². The van der Waals surface area contributed by atoms with E-state index in [-0.39, 0.29) is 6.04 Å². The van der Waals surface area contributed by atoms with E-state index < -0.39 is 0 Å². The minimum absolute atomic E-state index is 0.151. The van der Waals surface area contributed by atoms with Gasteiger partial charge in [-0.1, -0.05) is 12.1 Å². The van der Waals surface area contributed by atoms with E-state index in [4.69, 9.17) is 16.1 Å². The first-order valence-corrected chi connectivity index (χ1v) is 8.10. The molecule has 1 aromatic heterocycles.